The van der Waals surface area contributed by atoms with E-state index in [1.165, 1.54) is 19.3 Å². The van der Waals surface area contributed by atoms with E-state index >= 15 is 0 Å². The molecule has 0 radical (unpaired) electrons. The van der Waals surface area contributed by atoms with Crippen molar-refractivity contribution in [2.24, 2.45) is 0 Å². The molecule has 0 spiro atoms. The number of aliphatic hydroxyl groups is 1. The van der Waals surface area contributed by atoms with Gasteiger partial charge in [-0.2, -0.15) is 0 Å². The lowest BCUT2D eigenvalue weighted by molar-refractivity contribution is -0.130. The van der Waals surface area contributed by atoms with Crippen LogP contribution >= 0.6 is 0 Å². The Labute approximate surface area is 99.1 Å². The van der Waals surface area contributed by atoms with Crippen molar-refractivity contribution < 1.29 is 14.6 Å². The summed E-state index contributed by atoms with van der Waals surface area (Å²) in [6.45, 7) is 5.25. The largest absolute Gasteiger partial charge is 0.390 e. The van der Waals surface area contributed by atoms with Gasteiger partial charge in [0.05, 0.1) is 5.60 Å². The van der Waals surface area contributed by atoms with E-state index in [0.29, 0.717) is 13.2 Å². The predicted molar refractivity (Wildman–Crippen MR) is 64.3 cm³/mol. The van der Waals surface area contributed by atoms with Gasteiger partial charge in [0.2, 0.25) is 0 Å². The van der Waals surface area contributed by atoms with Crippen LogP contribution in [0.2, 0.25) is 0 Å². The highest BCUT2D eigenvalue weighted by atomic mass is 16.7. The van der Waals surface area contributed by atoms with Crippen molar-refractivity contribution in [2.75, 3.05) is 13.2 Å². The zero-order chi connectivity index (χ0) is 11.9. The average Bonchev–Trinajstić information content (AvgIpc) is 2.26. The van der Waals surface area contributed by atoms with Gasteiger partial charge in [-0.25, -0.2) is 0 Å². The molecular formula is C13H26O3. The fourth-order valence-electron chi connectivity index (χ4n) is 2.39. The highest BCUT2D eigenvalue weighted by molar-refractivity contribution is 4.81. The Kier molecular flexibility index (Phi) is 6.32. The van der Waals surface area contributed by atoms with Gasteiger partial charge in [0, 0.05) is 13.2 Å². The minimum absolute atomic E-state index is 0.119. The molecule has 1 aliphatic carbocycles. The van der Waals surface area contributed by atoms with Crippen LogP contribution in [0, 0.1) is 0 Å². The number of rotatable bonds is 7. The molecule has 0 bridgehead atoms. The standard InChI is InChI=1S/C13H26O3/c1-3-15-12(2)16-11-7-10-13(14)8-5-4-6-9-13/h12,14H,3-11H2,1-2H3. The fraction of sp³-hybridized carbons (Fsp3) is 1.00. The van der Waals surface area contributed by atoms with E-state index in [2.05, 4.69) is 0 Å². The summed E-state index contributed by atoms with van der Waals surface area (Å²) in [7, 11) is 0. The van der Waals surface area contributed by atoms with Crippen LogP contribution in [-0.2, 0) is 9.47 Å². The highest BCUT2D eigenvalue weighted by Crippen LogP contribution is 2.31. The van der Waals surface area contributed by atoms with E-state index in [4.69, 9.17) is 9.47 Å². The van der Waals surface area contributed by atoms with Gasteiger partial charge in [0.1, 0.15) is 0 Å². The summed E-state index contributed by atoms with van der Waals surface area (Å²) in [6, 6.07) is 0. The molecule has 0 aromatic heterocycles. The molecule has 0 aliphatic heterocycles. The predicted octanol–water partition coefficient (Wildman–Crippen LogP) is 2.86. The molecule has 1 fully saturated rings. The lowest BCUT2D eigenvalue weighted by Gasteiger charge is -2.32. The first-order chi connectivity index (χ1) is 7.66. The Bertz CT molecular complexity index is 176. The molecular weight excluding hydrogens is 204 g/mol. The first-order valence-electron chi connectivity index (χ1n) is 6.62. The lowest BCUT2D eigenvalue weighted by atomic mass is 9.82. The van der Waals surface area contributed by atoms with Crippen molar-refractivity contribution in [2.45, 2.75) is 70.7 Å². The Morgan fingerprint density at radius 3 is 2.50 bits per heavy atom. The van der Waals surface area contributed by atoms with E-state index < -0.39 is 5.60 Å². The van der Waals surface area contributed by atoms with Crippen LogP contribution in [0.25, 0.3) is 0 Å². The summed E-state index contributed by atoms with van der Waals surface area (Å²) in [5.74, 6) is 0. The third-order valence-electron chi connectivity index (χ3n) is 3.32. The van der Waals surface area contributed by atoms with Crippen molar-refractivity contribution in [3.8, 4) is 0 Å². The Hall–Kier alpha value is -0.120. The molecule has 3 nitrogen and oxygen atoms in total. The lowest BCUT2D eigenvalue weighted by Crippen LogP contribution is -2.31. The second-order valence-corrected chi connectivity index (χ2v) is 4.78. The molecule has 96 valence electrons. The molecule has 0 heterocycles. The smallest absolute Gasteiger partial charge is 0.154 e. The average molecular weight is 230 g/mol. The molecule has 1 atom stereocenters. The molecule has 1 saturated carbocycles. The normalized spacial score (nSPS) is 21.9. The van der Waals surface area contributed by atoms with Crippen molar-refractivity contribution in [1.29, 1.82) is 0 Å². The maximum absolute atomic E-state index is 10.3. The van der Waals surface area contributed by atoms with Crippen LogP contribution in [0.15, 0.2) is 0 Å². The molecule has 1 unspecified atom stereocenters. The van der Waals surface area contributed by atoms with Gasteiger partial charge in [-0.1, -0.05) is 19.3 Å². The molecule has 0 aromatic rings. The van der Waals surface area contributed by atoms with Gasteiger partial charge in [-0.3, -0.25) is 0 Å². The Balaban J connectivity index is 2.05. The van der Waals surface area contributed by atoms with Gasteiger partial charge in [-0.05, 0) is 39.5 Å². The first-order valence-corrected chi connectivity index (χ1v) is 6.62. The van der Waals surface area contributed by atoms with Crippen LogP contribution < -0.4 is 0 Å². The second kappa shape index (κ2) is 7.25. The Morgan fingerprint density at radius 1 is 1.19 bits per heavy atom. The highest BCUT2D eigenvalue weighted by Gasteiger charge is 2.28. The number of hydrogen-bond acceptors (Lipinski definition) is 3. The molecule has 1 N–H and O–H groups in total. The van der Waals surface area contributed by atoms with Crippen molar-refractivity contribution in [1.82, 2.24) is 0 Å². The van der Waals surface area contributed by atoms with Gasteiger partial charge in [0.15, 0.2) is 6.29 Å². The minimum atomic E-state index is -0.406. The molecule has 16 heavy (non-hydrogen) atoms. The third kappa shape index (κ3) is 5.28. The summed E-state index contributed by atoms with van der Waals surface area (Å²) in [4.78, 5) is 0. The van der Waals surface area contributed by atoms with Gasteiger partial charge in [0.25, 0.3) is 0 Å². The molecule has 0 aromatic carbocycles. The van der Waals surface area contributed by atoms with E-state index in [-0.39, 0.29) is 6.29 Å². The van der Waals surface area contributed by atoms with Crippen LogP contribution in [0.1, 0.15) is 58.8 Å². The van der Waals surface area contributed by atoms with Crippen LogP contribution in [0.4, 0.5) is 0 Å². The zero-order valence-corrected chi connectivity index (χ0v) is 10.7. The molecule has 0 saturated heterocycles. The third-order valence-corrected chi connectivity index (χ3v) is 3.32. The van der Waals surface area contributed by atoms with Gasteiger partial charge in [-0.15, -0.1) is 0 Å². The van der Waals surface area contributed by atoms with Crippen molar-refractivity contribution >= 4 is 0 Å². The van der Waals surface area contributed by atoms with E-state index in [1.54, 1.807) is 0 Å². The summed E-state index contributed by atoms with van der Waals surface area (Å²) in [5.41, 5.74) is -0.406. The summed E-state index contributed by atoms with van der Waals surface area (Å²) in [6.07, 6.45) is 7.23. The van der Waals surface area contributed by atoms with Crippen molar-refractivity contribution in [3.63, 3.8) is 0 Å². The van der Waals surface area contributed by atoms with E-state index in [1.807, 2.05) is 13.8 Å². The van der Waals surface area contributed by atoms with Gasteiger partial charge < -0.3 is 14.6 Å². The topological polar surface area (TPSA) is 38.7 Å². The monoisotopic (exact) mass is 230 g/mol. The second-order valence-electron chi connectivity index (χ2n) is 4.78. The molecule has 3 heteroatoms. The van der Waals surface area contributed by atoms with Gasteiger partial charge >= 0.3 is 0 Å². The minimum Gasteiger partial charge on any atom is -0.390 e. The molecule has 1 rings (SSSR count). The maximum atomic E-state index is 10.3. The quantitative estimate of drug-likeness (QED) is 0.540. The Morgan fingerprint density at radius 2 is 1.88 bits per heavy atom. The number of hydrogen-bond donors (Lipinski definition) is 1. The van der Waals surface area contributed by atoms with Crippen molar-refractivity contribution in [3.05, 3.63) is 0 Å². The first kappa shape index (κ1) is 13.9. The summed E-state index contributed by atoms with van der Waals surface area (Å²) >= 11 is 0. The van der Waals surface area contributed by atoms with Crippen LogP contribution in [0.3, 0.4) is 0 Å². The maximum Gasteiger partial charge on any atom is 0.154 e. The summed E-state index contributed by atoms with van der Waals surface area (Å²) < 4.78 is 10.8. The zero-order valence-electron chi connectivity index (χ0n) is 10.7. The molecule has 0 amide bonds. The number of ether oxygens (including phenoxy) is 2. The summed E-state index contributed by atoms with van der Waals surface area (Å²) in [5, 5.41) is 10.3. The molecule has 1 aliphatic rings. The van der Waals surface area contributed by atoms with E-state index in [0.717, 1.165) is 25.7 Å². The SMILES string of the molecule is CCOC(C)OCCCC1(O)CCCCC1. The van der Waals surface area contributed by atoms with Crippen LogP contribution in [-0.4, -0.2) is 30.2 Å². The van der Waals surface area contributed by atoms with E-state index in [9.17, 15) is 5.11 Å². The van der Waals surface area contributed by atoms with Crippen LogP contribution in [0.5, 0.6) is 0 Å². The fourth-order valence-corrected chi connectivity index (χ4v) is 2.39.